The third-order valence-electron chi connectivity index (χ3n) is 16.0. The lowest BCUT2D eigenvalue weighted by Gasteiger charge is -2.66. The molecular weight excluding hydrogens is 768 g/mol. The number of hydrogen-bond donors (Lipinski definition) is 8. The molecule has 0 amide bonds. The van der Waals surface area contributed by atoms with Crippen LogP contribution in [-0.2, 0) is 38.3 Å². The van der Waals surface area contributed by atoms with E-state index >= 15 is 0 Å². The van der Waals surface area contributed by atoms with Gasteiger partial charge in [0.2, 0.25) is 0 Å². The molecule has 57 heavy (non-hydrogen) atoms. The maximum absolute atomic E-state index is 12.9. The second kappa shape index (κ2) is 17.3. The number of ether oxygens (including phenoxy) is 5. The van der Waals surface area contributed by atoms with Crippen LogP contribution in [0.1, 0.15) is 92.4 Å². The molecule has 21 atom stereocenters. The van der Waals surface area contributed by atoms with E-state index in [4.69, 9.17) is 27.9 Å². The van der Waals surface area contributed by atoms with E-state index in [2.05, 4.69) is 13.8 Å². The summed E-state index contributed by atoms with van der Waals surface area (Å²) in [6, 6.07) is 0. The molecule has 2 heterocycles. The van der Waals surface area contributed by atoms with Crippen LogP contribution in [0, 0.1) is 52.3 Å². The Bertz CT molecular complexity index is 1470. The first-order chi connectivity index (χ1) is 26.6. The second-order valence-corrected chi connectivity index (χ2v) is 20.3. The summed E-state index contributed by atoms with van der Waals surface area (Å²) in [5.41, 5.74) is -2.95. The highest BCUT2D eigenvalue weighted by atomic mass is 32.3. The molecule has 0 aromatic carbocycles. The van der Waals surface area contributed by atoms with Crippen LogP contribution in [0.25, 0.3) is 0 Å². The summed E-state index contributed by atoms with van der Waals surface area (Å²) < 4.78 is 69.0. The topological polar surface area (TPSA) is 251 Å². The van der Waals surface area contributed by atoms with Crippen molar-refractivity contribution < 1.29 is 76.6 Å². The Labute approximate surface area is 337 Å². The van der Waals surface area contributed by atoms with E-state index in [9.17, 15) is 48.7 Å². The average Bonchev–Trinajstić information content (AvgIpc) is 3.58. The van der Waals surface area contributed by atoms with Crippen molar-refractivity contribution in [2.24, 2.45) is 52.3 Å². The fourth-order valence-electron chi connectivity index (χ4n) is 13.2. The van der Waals surface area contributed by atoms with Crippen LogP contribution in [0.15, 0.2) is 0 Å². The summed E-state index contributed by atoms with van der Waals surface area (Å²) >= 11 is 0. The van der Waals surface area contributed by atoms with Crippen molar-refractivity contribution in [1.82, 2.24) is 0 Å². The summed E-state index contributed by atoms with van der Waals surface area (Å²) in [6.45, 7) is 9.97. The summed E-state index contributed by atoms with van der Waals surface area (Å²) in [6.07, 6.45) is -6.86. The Morgan fingerprint density at radius 3 is 2.16 bits per heavy atom. The summed E-state index contributed by atoms with van der Waals surface area (Å²) in [4.78, 5) is 0. The van der Waals surface area contributed by atoms with Gasteiger partial charge >= 0.3 is 10.4 Å². The zero-order valence-electron chi connectivity index (χ0n) is 34.5. The van der Waals surface area contributed by atoms with Gasteiger partial charge in [-0.2, -0.15) is 8.42 Å². The minimum atomic E-state index is -4.98. The van der Waals surface area contributed by atoms with E-state index < -0.39 is 124 Å². The number of fused-ring (bicyclic) bond motifs is 5. The van der Waals surface area contributed by atoms with Gasteiger partial charge in [0.25, 0.3) is 0 Å². The predicted octanol–water partition coefficient (Wildman–Crippen LogP) is 1.19. The van der Waals surface area contributed by atoms with Gasteiger partial charge in [-0.1, -0.05) is 34.6 Å². The van der Waals surface area contributed by atoms with Crippen LogP contribution in [0.5, 0.6) is 0 Å². The summed E-state index contributed by atoms with van der Waals surface area (Å²) in [5, 5.41) is 78.8. The van der Waals surface area contributed by atoms with Gasteiger partial charge in [-0.25, -0.2) is 4.18 Å². The largest absolute Gasteiger partial charge is 0.397 e. The molecule has 6 fully saturated rings. The smallest absolute Gasteiger partial charge is 0.394 e. The number of hydrogen-bond acceptors (Lipinski definition) is 15. The first kappa shape index (κ1) is 45.9. The van der Waals surface area contributed by atoms with Gasteiger partial charge in [-0.15, -0.1) is 0 Å². The molecule has 4 aliphatic carbocycles. The van der Waals surface area contributed by atoms with Crippen LogP contribution in [0.3, 0.4) is 0 Å². The number of aliphatic hydroxyl groups excluding tert-OH is 6. The zero-order chi connectivity index (χ0) is 42.0. The molecule has 2 saturated heterocycles. The molecule has 332 valence electrons. The van der Waals surface area contributed by atoms with Gasteiger partial charge in [0.15, 0.2) is 6.29 Å². The SMILES string of the molecule is CO[C@@H]1[C@@H](O)[C@H](OC)CO[C@H]1C[C@@H]1[C@@H](O[C@@H](CC[C@@H](C)[C@H]2C[C@@H](O)C3[C@]4(O)C[C@H](OS(=O)(=O)O)C5[C@@H](O)[C@@H](O)CC[C@]5(C)C4CC[C@@]32C)C(C)C)O[C@H](CO)[C@H]1O. The Morgan fingerprint density at radius 2 is 1.54 bits per heavy atom. The molecular formula is C40H70O16S. The molecule has 6 aliphatic rings. The maximum Gasteiger partial charge on any atom is 0.397 e. The van der Waals surface area contributed by atoms with Crippen LogP contribution in [-0.4, -0.2) is 155 Å². The lowest BCUT2D eigenvalue weighted by molar-refractivity contribution is -0.276. The Morgan fingerprint density at radius 1 is 0.860 bits per heavy atom. The van der Waals surface area contributed by atoms with E-state index in [0.29, 0.717) is 38.5 Å². The standard InChI is InChI=1S/C40H70O16S/c1-19(2)25(54-37-21(32(44)28(17-41)55-37)14-26-35(52-7)34(46)29(51-6)18-53-26)9-8-20(3)22-15-24(43)36-38(22,4)13-11-30-39(5)12-10-23(42)33(45)31(39)27(16-40(30,36)47)56-57(48,49)50/h19-37,41-47H,8-18H2,1-7H3,(H,48,49,50)/t20-,21+,22-,23+,24-,25+,26+,27+,28-,29-,30?,31?,32+,33+,34+,35+,36?,37+,38-,39-,40+/m1/s1. The molecule has 6 rings (SSSR count). The van der Waals surface area contributed by atoms with Gasteiger partial charge in [0.1, 0.15) is 24.4 Å². The molecule has 16 nitrogen and oxygen atoms in total. The minimum Gasteiger partial charge on any atom is -0.394 e. The molecule has 0 radical (unpaired) electrons. The molecule has 4 saturated carbocycles. The summed E-state index contributed by atoms with van der Waals surface area (Å²) in [7, 11) is -2.01. The second-order valence-electron chi connectivity index (χ2n) is 19.3. The van der Waals surface area contributed by atoms with Gasteiger partial charge in [0.05, 0.1) is 61.5 Å². The minimum absolute atomic E-state index is 0.0200. The monoisotopic (exact) mass is 838 g/mol. The molecule has 2 aliphatic heterocycles. The van der Waals surface area contributed by atoms with Gasteiger partial charge in [-0.05, 0) is 85.9 Å². The highest BCUT2D eigenvalue weighted by molar-refractivity contribution is 7.80. The van der Waals surface area contributed by atoms with E-state index in [1.54, 1.807) is 0 Å². The van der Waals surface area contributed by atoms with E-state index in [1.807, 2.05) is 20.8 Å². The third kappa shape index (κ3) is 8.36. The van der Waals surface area contributed by atoms with Crippen molar-refractivity contribution in [2.75, 3.05) is 27.4 Å². The molecule has 3 unspecified atom stereocenters. The van der Waals surface area contributed by atoms with E-state index in [0.717, 1.165) is 0 Å². The van der Waals surface area contributed by atoms with Crippen LogP contribution >= 0.6 is 0 Å². The van der Waals surface area contributed by atoms with Crippen LogP contribution in [0.4, 0.5) is 0 Å². The van der Waals surface area contributed by atoms with E-state index in [-0.39, 0.29) is 49.7 Å². The Balaban J connectivity index is 1.17. The lowest BCUT2D eigenvalue weighted by atomic mass is 9.41. The normalized spacial score (nSPS) is 50.0. The molecule has 0 aromatic heterocycles. The number of aliphatic hydroxyl groups is 7. The lowest BCUT2D eigenvalue weighted by Crippen LogP contribution is -2.71. The zero-order valence-corrected chi connectivity index (χ0v) is 35.3. The van der Waals surface area contributed by atoms with Crippen molar-refractivity contribution in [2.45, 2.75) is 171 Å². The van der Waals surface area contributed by atoms with Gasteiger partial charge in [0, 0.05) is 38.4 Å². The van der Waals surface area contributed by atoms with Gasteiger partial charge < -0.3 is 59.4 Å². The van der Waals surface area contributed by atoms with Crippen molar-refractivity contribution in [3.63, 3.8) is 0 Å². The third-order valence-corrected chi connectivity index (χ3v) is 16.5. The molecule has 0 aromatic rings. The molecule has 8 N–H and O–H groups in total. The molecule has 0 bridgehead atoms. The fraction of sp³-hybridized carbons (Fsp3) is 1.00. The molecule has 17 heteroatoms. The molecule has 0 spiro atoms. The van der Waals surface area contributed by atoms with Crippen molar-refractivity contribution >= 4 is 10.4 Å². The first-order valence-corrected chi connectivity index (χ1v) is 22.4. The van der Waals surface area contributed by atoms with Gasteiger partial charge in [-0.3, -0.25) is 4.55 Å². The Kier molecular flexibility index (Phi) is 13.9. The quantitative estimate of drug-likeness (QED) is 0.114. The van der Waals surface area contributed by atoms with Crippen molar-refractivity contribution in [3.05, 3.63) is 0 Å². The maximum atomic E-state index is 12.9. The Hall–Kier alpha value is -0.610. The summed E-state index contributed by atoms with van der Waals surface area (Å²) in [5.74, 6) is -2.41. The highest BCUT2D eigenvalue weighted by Gasteiger charge is 2.72. The predicted molar refractivity (Wildman–Crippen MR) is 203 cm³/mol. The first-order valence-electron chi connectivity index (χ1n) is 21.0. The van der Waals surface area contributed by atoms with Crippen LogP contribution in [0.2, 0.25) is 0 Å². The van der Waals surface area contributed by atoms with Crippen molar-refractivity contribution in [1.29, 1.82) is 0 Å². The van der Waals surface area contributed by atoms with Crippen LogP contribution < -0.4 is 0 Å². The number of methoxy groups -OCH3 is 2. The number of rotatable bonds is 14. The van der Waals surface area contributed by atoms with Crippen molar-refractivity contribution in [3.8, 4) is 0 Å². The van der Waals surface area contributed by atoms with E-state index in [1.165, 1.54) is 14.2 Å². The highest BCUT2D eigenvalue weighted by Crippen LogP contribution is 2.70. The fourth-order valence-corrected chi connectivity index (χ4v) is 13.7. The average molecular weight is 839 g/mol.